The summed E-state index contributed by atoms with van der Waals surface area (Å²) in [6.07, 6.45) is 1.61. The number of methoxy groups -OCH3 is 1. The number of carbonyl (C=O) groups excluding carboxylic acids is 2. The number of carbonyl (C=O) groups is 2. The largest absolute Gasteiger partial charge is 0.469 e. The van der Waals surface area contributed by atoms with Crippen LogP contribution in [0.25, 0.3) is 17.4 Å². The number of furan rings is 1. The van der Waals surface area contributed by atoms with Gasteiger partial charge in [0.2, 0.25) is 0 Å². The Balaban J connectivity index is 2.29. The first-order valence-electron chi connectivity index (χ1n) is 7.35. The molecule has 2 rings (SSSR count). The Bertz CT molecular complexity index is 820. The number of thiophene rings is 1. The smallest absolute Gasteiger partial charge is 0.310 e. The summed E-state index contributed by atoms with van der Waals surface area (Å²) in [4.78, 5) is 24.2. The number of allylic oxidation sites excluding steroid dienone is 1. The van der Waals surface area contributed by atoms with Gasteiger partial charge in [-0.05, 0) is 23.6 Å². The van der Waals surface area contributed by atoms with Gasteiger partial charge in [-0.1, -0.05) is 13.8 Å². The lowest BCUT2D eigenvalue weighted by atomic mass is 10.0. The molecule has 0 fully saturated rings. The highest BCUT2D eigenvalue weighted by molar-refractivity contribution is 7.10. The lowest BCUT2D eigenvalue weighted by molar-refractivity contribution is -0.139. The summed E-state index contributed by atoms with van der Waals surface area (Å²) in [5, 5.41) is 11.0. The summed E-state index contributed by atoms with van der Waals surface area (Å²) in [5.41, 5.74) is 0.866. The maximum Gasteiger partial charge on any atom is 0.310 e. The molecule has 124 valence electrons. The van der Waals surface area contributed by atoms with Gasteiger partial charge >= 0.3 is 5.97 Å². The third-order valence-corrected chi connectivity index (χ3v) is 4.29. The van der Waals surface area contributed by atoms with Crippen LogP contribution >= 0.6 is 11.3 Å². The zero-order chi connectivity index (χ0) is 17.7. The molecular weight excluding hydrogens is 326 g/mol. The normalized spacial score (nSPS) is 11.4. The predicted molar refractivity (Wildman–Crippen MR) is 91.2 cm³/mol. The summed E-state index contributed by atoms with van der Waals surface area (Å²) >= 11 is 1.44. The molecule has 0 saturated carbocycles. The van der Waals surface area contributed by atoms with Crippen molar-refractivity contribution >= 4 is 29.2 Å². The molecule has 0 aliphatic heterocycles. The highest BCUT2D eigenvalue weighted by Gasteiger charge is 2.16. The Morgan fingerprint density at radius 1 is 1.38 bits per heavy atom. The summed E-state index contributed by atoms with van der Waals surface area (Å²) < 4.78 is 10.4. The van der Waals surface area contributed by atoms with Gasteiger partial charge in [0.05, 0.1) is 19.1 Å². The lowest BCUT2D eigenvalue weighted by Crippen LogP contribution is -2.08. The van der Waals surface area contributed by atoms with Crippen molar-refractivity contribution < 1.29 is 18.7 Å². The number of nitriles is 1. The van der Waals surface area contributed by atoms with E-state index in [0.717, 1.165) is 10.4 Å². The third kappa shape index (κ3) is 4.00. The van der Waals surface area contributed by atoms with E-state index in [1.807, 2.05) is 17.5 Å². The SMILES string of the molecule is COC(=O)Cc1sccc1-c1ccc(/C=C(/C#N)C(=O)C(C)C)o1. The molecule has 0 atom stereocenters. The van der Waals surface area contributed by atoms with Crippen LogP contribution in [0.15, 0.2) is 33.6 Å². The van der Waals surface area contributed by atoms with E-state index in [1.165, 1.54) is 24.5 Å². The second-order valence-electron chi connectivity index (χ2n) is 5.40. The molecule has 0 aliphatic rings. The monoisotopic (exact) mass is 343 g/mol. The minimum atomic E-state index is -0.320. The van der Waals surface area contributed by atoms with E-state index in [0.29, 0.717) is 11.5 Å². The molecule has 0 radical (unpaired) electrons. The van der Waals surface area contributed by atoms with Gasteiger partial charge in [-0.3, -0.25) is 9.59 Å². The molecule has 0 N–H and O–H groups in total. The molecule has 0 bridgehead atoms. The third-order valence-electron chi connectivity index (χ3n) is 3.37. The Morgan fingerprint density at radius 3 is 2.75 bits per heavy atom. The number of ether oxygens (including phenoxy) is 1. The van der Waals surface area contributed by atoms with Crippen molar-refractivity contribution in [2.24, 2.45) is 5.92 Å². The van der Waals surface area contributed by atoms with Gasteiger partial charge in [-0.25, -0.2) is 0 Å². The summed E-state index contributed by atoms with van der Waals surface area (Å²) in [5.74, 6) is 0.201. The van der Waals surface area contributed by atoms with Gasteiger partial charge in [0.1, 0.15) is 17.6 Å². The molecule has 24 heavy (non-hydrogen) atoms. The second kappa shape index (κ2) is 7.75. The zero-order valence-electron chi connectivity index (χ0n) is 13.7. The summed E-state index contributed by atoms with van der Waals surface area (Å²) in [7, 11) is 1.35. The first-order valence-corrected chi connectivity index (χ1v) is 8.23. The molecule has 0 spiro atoms. The van der Waals surface area contributed by atoms with Gasteiger partial charge in [-0.2, -0.15) is 5.26 Å². The summed E-state index contributed by atoms with van der Waals surface area (Å²) in [6.45, 7) is 3.48. The van der Waals surface area contributed by atoms with Crippen LogP contribution in [-0.2, 0) is 20.7 Å². The molecule has 5 nitrogen and oxygen atoms in total. The van der Waals surface area contributed by atoms with Crippen molar-refractivity contribution in [1.82, 2.24) is 0 Å². The molecule has 2 aromatic heterocycles. The van der Waals surface area contributed by atoms with Crippen molar-refractivity contribution in [2.75, 3.05) is 7.11 Å². The van der Waals surface area contributed by atoms with Crippen molar-refractivity contribution in [3.05, 3.63) is 39.8 Å². The maximum absolute atomic E-state index is 11.9. The first kappa shape index (κ1) is 17.7. The van der Waals surface area contributed by atoms with Gasteiger partial charge < -0.3 is 9.15 Å². The Kier molecular flexibility index (Phi) is 5.72. The Hall–Kier alpha value is -2.65. The lowest BCUT2D eigenvalue weighted by Gasteiger charge is -2.01. The van der Waals surface area contributed by atoms with Gasteiger partial charge in [0, 0.05) is 22.4 Å². The van der Waals surface area contributed by atoms with Gasteiger partial charge in [-0.15, -0.1) is 11.3 Å². The highest BCUT2D eigenvalue weighted by atomic mass is 32.1. The number of hydrogen-bond donors (Lipinski definition) is 0. The highest BCUT2D eigenvalue weighted by Crippen LogP contribution is 2.31. The minimum absolute atomic E-state index is 0.0611. The van der Waals surface area contributed by atoms with E-state index in [4.69, 9.17) is 9.68 Å². The first-order chi connectivity index (χ1) is 11.5. The molecule has 0 saturated heterocycles. The quantitative estimate of drug-likeness (QED) is 0.452. The molecule has 6 heteroatoms. The number of ketones is 1. The molecular formula is C18H17NO4S. The van der Waals surface area contributed by atoms with Crippen LogP contribution in [0.4, 0.5) is 0 Å². The fraction of sp³-hybridized carbons (Fsp3) is 0.278. The second-order valence-corrected chi connectivity index (χ2v) is 6.40. The predicted octanol–water partition coefficient (Wildman–Crippen LogP) is 3.86. The average Bonchev–Trinajstić information content (AvgIpc) is 3.20. The zero-order valence-corrected chi connectivity index (χ0v) is 14.5. The van der Waals surface area contributed by atoms with Crippen molar-refractivity contribution in [2.45, 2.75) is 20.3 Å². The van der Waals surface area contributed by atoms with E-state index in [2.05, 4.69) is 4.74 Å². The minimum Gasteiger partial charge on any atom is -0.469 e. The summed E-state index contributed by atoms with van der Waals surface area (Å²) in [6, 6.07) is 7.22. The van der Waals surface area contributed by atoms with E-state index in [1.54, 1.807) is 26.0 Å². The van der Waals surface area contributed by atoms with E-state index < -0.39 is 0 Å². The van der Waals surface area contributed by atoms with Crippen LogP contribution in [0.3, 0.4) is 0 Å². The Labute approximate surface area is 144 Å². The average molecular weight is 343 g/mol. The van der Waals surface area contributed by atoms with Crippen molar-refractivity contribution in [3.63, 3.8) is 0 Å². The van der Waals surface area contributed by atoms with Crippen molar-refractivity contribution in [1.29, 1.82) is 5.26 Å². The fourth-order valence-electron chi connectivity index (χ4n) is 2.09. The van der Waals surface area contributed by atoms with E-state index >= 15 is 0 Å². The molecule has 2 heterocycles. The van der Waals surface area contributed by atoms with Crippen LogP contribution in [0.5, 0.6) is 0 Å². The molecule has 0 unspecified atom stereocenters. The standard InChI is InChI=1S/C18H17NO4S/c1-11(2)18(21)12(10-19)8-13-4-5-15(23-13)14-6-7-24-16(14)9-17(20)22-3/h4-8,11H,9H2,1-3H3/b12-8-. The molecule has 0 aliphatic carbocycles. The van der Waals surface area contributed by atoms with Crippen molar-refractivity contribution in [3.8, 4) is 17.4 Å². The van der Waals surface area contributed by atoms with Crippen LogP contribution in [0.2, 0.25) is 0 Å². The number of Topliss-reactive ketones (excluding diaryl/α,β-unsaturated/α-hetero) is 1. The van der Waals surface area contributed by atoms with Gasteiger partial charge in [0.25, 0.3) is 0 Å². The number of rotatable bonds is 6. The number of hydrogen-bond acceptors (Lipinski definition) is 6. The van der Waals surface area contributed by atoms with Gasteiger partial charge in [0.15, 0.2) is 5.78 Å². The van der Waals surface area contributed by atoms with E-state index in [-0.39, 0.29) is 29.7 Å². The van der Waals surface area contributed by atoms with Crippen LogP contribution < -0.4 is 0 Å². The van der Waals surface area contributed by atoms with E-state index in [9.17, 15) is 9.59 Å². The molecule has 0 aromatic carbocycles. The fourth-order valence-corrected chi connectivity index (χ4v) is 2.95. The molecule has 0 amide bonds. The molecule has 2 aromatic rings. The Morgan fingerprint density at radius 2 is 2.12 bits per heavy atom. The van der Waals surface area contributed by atoms with Crippen LogP contribution in [0, 0.1) is 17.2 Å². The van der Waals surface area contributed by atoms with Crippen LogP contribution in [0.1, 0.15) is 24.5 Å². The van der Waals surface area contributed by atoms with Crippen LogP contribution in [-0.4, -0.2) is 18.9 Å². The maximum atomic E-state index is 11.9. The topological polar surface area (TPSA) is 80.3 Å². The number of esters is 1. The number of nitrogens with zero attached hydrogens (tertiary/aromatic N) is 1.